The molecule has 0 aliphatic heterocycles. The standard InChI is InChI=1S/C46H26N4S/c1-2-12-27(13-3-1)28-22-24-29(25-23-28)45-47-41-33-17-7-11-21-39(33)51-44(41)46(48-45)50-37-19-9-5-15-31(37)35-26-34-30-14-4-8-18-36(30)49-38-20-10-6-16-32(38)40(42(34)49)43(35)50/h1-26H. The molecule has 7 aromatic carbocycles. The number of thiophene rings is 1. The van der Waals surface area contributed by atoms with Crippen molar-refractivity contribution in [1.29, 1.82) is 0 Å². The predicted molar refractivity (Wildman–Crippen MR) is 215 cm³/mol. The molecule has 0 amide bonds. The molecule has 5 aromatic heterocycles. The Morgan fingerprint density at radius 3 is 1.78 bits per heavy atom. The smallest absolute Gasteiger partial charge is 0.162 e. The van der Waals surface area contributed by atoms with E-state index < -0.39 is 0 Å². The summed E-state index contributed by atoms with van der Waals surface area (Å²) in [6.45, 7) is 0. The molecule has 12 rings (SSSR count). The lowest BCUT2D eigenvalue weighted by Crippen LogP contribution is -2.01. The van der Waals surface area contributed by atoms with Crippen LogP contribution in [0.3, 0.4) is 0 Å². The van der Waals surface area contributed by atoms with Crippen molar-refractivity contribution >= 4 is 91.5 Å². The molecular formula is C46H26N4S. The molecule has 0 radical (unpaired) electrons. The molecule has 236 valence electrons. The highest BCUT2D eigenvalue weighted by molar-refractivity contribution is 7.26. The van der Waals surface area contributed by atoms with Gasteiger partial charge in [0.2, 0.25) is 0 Å². The van der Waals surface area contributed by atoms with Gasteiger partial charge in [0.1, 0.15) is 0 Å². The number of para-hydroxylation sites is 3. The second-order valence-electron chi connectivity index (χ2n) is 13.4. The predicted octanol–water partition coefficient (Wildman–Crippen LogP) is 12.4. The van der Waals surface area contributed by atoms with E-state index in [9.17, 15) is 0 Å². The van der Waals surface area contributed by atoms with Gasteiger partial charge >= 0.3 is 0 Å². The Morgan fingerprint density at radius 2 is 1.00 bits per heavy atom. The van der Waals surface area contributed by atoms with E-state index in [2.05, 4.69) is 167 Å². The molecule has 0 saturated heterocycles. The zero-order chi connectivity index (χ0) is 33.2. The SMILES string of the molecule is c1ccc(-c2ccc(-c3nc(-n4c5ccccc5c5cc6c7ccccc7n7c8ccccc8c(c54)c67)c4sc5ccccc5c4n3)cc2)cc1. The molecule has 0 fully saturated rings. The first-order valence-electron chi connectivity index (χ1n) is 17.3. The van der Waals surface area contributed by atoms with Gasteiger partial charge in [0.05, 0.1) is 37.8 Å². The summed E-state index contributed by atoms with van der Waals surface area (Å²) >= 11 is 1.78. The monoisotopic (exact) mass is 666 g/mol. The maximum absolute atomic E-state index is 5.54. The molecule has 0 spiro atoms. The van der Waals surface area contributed by atoms with Crippen LogP contribution in [0.4, 0.5) is 0 Å². The molecule has 0 unspecified atom stereocenters. The van der Waals surface area contributed by atoms with E-state index in [1.165, 1.54) is 70.2 Å². The molecule has 0 aliphatic rings. The lowest BCUT2D eigenvalue weighted by molar-refractivity contribution is 1.08. The molecule has 0 N–H and O–H groups in total. The third kappa shape index (κ3) is 3.63. The molecule has 0 bridgehead atoms. The van der Waals surface area contributed by atoms with E-state index in [1.54, 1.807) is 11.3 Å². The third-order valence-electron chi connectivity index (χ3n) is 10.7. The fourth-order valence-corrected chi connectivity index (χ4v) is 9.60. The molecule has 12 aromatic rings. The van der Waals surface area contributed by atoms with Crippen LogP contribution < -0.4 is 0 Å². The molecule has 5 heterocycles. The summed E-state index contributed by atoms with van der Waals surface area (Å²) in [5, 5.41) is 8.66. The van der Waals surface area contributed by atoms with E-state index in [4.69, 9.17) is 9.97 Å². The Balaban J connectivity index is 1.25. The zero-order valence-electron chi connectivity index (χ0n) is 27.2. The summed E-state index contributed by atoms with van der Waals surface area (Å²) in [5.41, 5.74) is 10.4. The average molecular weight is 667 g/mol. The van der Waals surface area contributed by atoms with Gasteiger partial charge in [-0.15, -0.1) is 11.3 Å². The van der Waals surface area contributed by atoms with E-state index in [1.807, 2.05) is 0 Å². The quantitative estimate of drug-likeness (QED) is 0.188. The average Bonchev–Trinajstić information content (AvgIpc) is 3.93. The molecule has 4 nitrogen and oxygen atoms in total. The molecule has 51 heavy (non-hydrogen) atoms. The Morgan fingerprint density at radius 1 is 0.431 bits per heavy atom. The van der Waals surface area contributed by atoms with Gasteiger partial charge in [0.15, 0.2) is 11.6 Å². The first kappa shape index (κ1) is 27.3. The van der Waals surface area contributed by atoms with Crippen LogP contribution in [0.2, 0.25) is 0 Å². The van der Waals surface area contributed by atoms with E-state index in [0.717, 1.165) is 38.3 Å². The minimum atomic E-state index is 0.721. The Hall–Kier alpha value is -6.56. The number of nitrogens with zero attached hydrogens (tertiary/aromatic N) is 4. The van der Waals surface area contributed by atoms with Gasteiger partial charge in [-0.2, -0.15) is 0 Å². The highest BCUT2D eigenvalue weighted by atomic mass is 32.1. The first-order valence-corrected chi connectivity index (χ1v) is 18.1. The number of hydrogen-bond acceptors (Lipinski definition) is 3. The summed E-state index contributed by atoms with van der Waals surface area (Å²) in [4.78, 5) is 10.9. The molecule has 0 atom stereocenters. The van der Waals surface area contributed by atoms with Crippen molar-refractivity contribution in [3.05, 3.63) is 158 Å². The minimum absolute atomic E-state index is 0.721. The van der Waals surface area contributed by atoms with Gasteiger partial charge in [0.25, 0.3) is 0 Å². The zero-order valence-corrected chi connectivity index (χ0v) is 28.0. The van der Waals surface area contributed by atoms with Gasteiger partial charge in [-0.25, -0.2) is 9.97 Å². The Bertz CT molecular complexity index is 3350. The van der Waals surface area contributed by atoms with Crippen LogP contribution in [-0.4, -0.2) is 18.9 Å². The number of benzene rings is 7. The fourth-order valence-electron chi connectivity index (χ4n) is 8.48. The largest absolute Gasteiger partial charge is 0.308 e. The summed E-state index contributed by atoms with van der Waals surface area (Å²) in [7, 11) is 0. The van der Waals surface area contributed by atoms with Crippen molar-refractivity contribution in [1.82, 2.24) is 18.9 Å². The van der Waals surface area contributed by atoms with Gasteiger partial charge in [0, 0.05) is 48.0 Å². The number of rotatable bonds is 3. The van der Waals surface area contributed by atoms with Crippen LogP contribution in [0.25, 0.3) is 109 Å². The maximum atomic E-state index is 5.54. The fraction of sp³-hybridized carbons (Fsp3) is 0. The highest BCUT2D eigenvalue weighted by Crippen LogP contribution is 2.47. The van der Waals surface area contributed by atoms with Crippen LogP contribution in [0, 0.1) is 0 Å². The number of fused-ring (bicyclic) bond motifs is 13. The minimum Gasteiger partial charge on any atom is -0.308 e. The first-order chi connectivity index (χ1) is 25.3. The van der Waals surface area contributed by atoms with Crippen LogP contribution in [0.5, 0.6) is 0 Å². The van der Waals surface area contributed by atoms with Crippen molar-refractivity contribution in [2.24, 2.45) is 0 Å². The lowest BCUT2D eigenvalue weighted by atomic mass is 10.0. The van der Waals surface area contributed by atoms with Crippen LogP contribution >= 0.6 is 11.3 Å². The van der Waals surface area contributed by atoms with Crippen molar-refractivity contribution in [3.63, 3.8) is 0 Å². The summed E-state index contributed by atoms with van der Waals surface area (Å²) < 4.78 is 7.19. The Kier molecular flexibility index (Phi) is 5.35. The molecular weight excluding hydrogens is 641 g/mol. The molecule has 0 aliphatic carbocycles. The second kappa shape index (κ2) is 10.0. The lowest BCUT2D eigenvalue weighted by Gasteiger charge is -2.12. The van der Waals surface area contributed by atoms with Gasteiger partial charge in [-0.05, 0) is 41.5 Å². The summed E-state index contributed by atoms with van der Waals surface area (Å²) in [6.07, 6.45) is 0. The Labute approximate surface area is 295 Å². The molecule has 0 saturated carbocycles. The third-order valence-corrected chi connectivity index (χ3v) is 11.8. The second-order valence-corrected chi connectivity index (χ2v) is 14.4. The van der Waals surface area contributed by atoms with Crippen molar-refractivity contribution in [2.75, 3.05) is 0 Å². The topological polar surface area (TPSA) is 35.1 Å². The summed E-state index contributed by atoms with van der Waals surface area (Å²) in [6, 6.07) is 56.7. The van der Waals surface area contributed by atoms with Crippen molar-refractivity contribution in [2.45, 2.75) is 0 Å². The summed E-state index contributed by atoms with van der Waals surface area (Å²) in [5.74, 6) is 1.63. The van der Waals surface area contributed by atoms with Gasteiger partial charge in [-0.1, -0.05) is 127 Å². The van der Waals surface area contributed by atoms with Crippen LogP contribution in [-0.2, 0) is 0 Å². The number of aromatic nitrogens is 4. The highest BCUT2D eigenvalue weighted by Gasteiger charge is 2.26. The van der Waals surface area contributed by atoms with Gasteiger partial charge < -0.3 is 4.40 Å². The normalized spacial score (nSPS) is 12.3. The van der Waals surface area contributed by atoms with Crippen molar-refractivity contribution < 1.29 is 0 Å². The maximum Gasteiger partial charge on any atom is 0.162 e. The number of hydrogen-bond donors (Lipinski definition) is 0. The van der Waals surface area contributed by atoms with Crippen molar-refractivity contribution in [3.8, 4) is 28.3 Å². The van der Waals surface area contributed by atoms with E-state index in [0.29, 0.717) is 0 Å². The van der Waals surface area contributed by atoms with Crippen LogP contribution in [0.15, 0.2) is 158 Å². The molecule has 5 heteroatoms. The van der Waals surface area contributed by atoms with Gasteiger partial charge in [-0.3, -0.25) is 4.57 Å². The van der Waals surface area contributed by atoms with E-state index in [-0.39, 0.29) is 0 Å². The van der Waals surface area contributed by atoms with Crippen LogP contribution in [0.1, 0.15) is 0 Å². The van der Waals surface area contributed by atoms with E-state index >= 15 is 0 Å².